The second-order valence-corrected chi connectivity index (χ2v) is 6.92. The van der Waals surface area contributed by atoms with E-state index >= 15 is 0 Å². The Hall–Kier alpha value is -0.910. The van der Waals surface area contributed by atoms with Gasteiger partial charge >= 0.3 is 12.0 Å². The first-order valence-electron chi connectivity index (χ1n) is 7.04. The van der Waals surface area contributed by atoms with E-state index in [0.717, 1.165) is 5.75 Å². The second-order valence-electron chi connectivity index (χ2n) is 5.77. The van der Waals surface area contributed by atoms with Crippen LogP contribution in [0.15, 0.2) is 0 Å². The Labute approximate surface area is 117 Å². The lowest BCUT2D eigenvalue weighted by atomic mass is 10.1. The summed E-state index contributed by atoms with van der Waals surface area (Å²) in [5, 5.41) is 12.3. The van der Waals surface area contributed by atoms with Crippen LogP contribution >= 0.6 is 11.8 Å². The molecule has 2 aliphatic carbocycles. The van der Waals surface area contributed by atoms with Gasteiger partial charge in [-0.1, -0.05) is 0 Å². The van der Waals surface area contributed by atoms with Gasteiger partial charge in [-0.25, -0.2) is 9.59 Å². The van der Waals surface area contributed by atoms with Gasteiger partial charge in [0.05, 0.1) is 0 Å². The third-order valence-electron chi connectivity index (χ3n) is 4.22. The third-order valence-corrected chi connectivity index (χ3v) is 5.25. The molecule has 2 N–H and O–H groups in total. The standard InChI is InChI=1S/C13H20N2O3S/c16-12(17)10-7-19-6-5-15(10)13(18)14-11(8-1-2-8)9-3-4-9/h8-11H,1-7H2,(H,14,18)(H,16,17). The van der Waals surface area contributed by atoms with Gasteiger partial charge in [0.1, 0.15) is 6.04 Å². The van der Waals surface area contributed by atoms with E-state index in [9.17, 15) is 14.7 Å². The zero-order valence-corrected chi connectivity index (χ0v) is 11.7. The fraction of sp³-hybridized carbons (Fsp3) is 0.846. The Bertz CT molecular complexity index is 370. The molecule has 0 aromatic heterocycles. The lowest BCUT2D eigenvalue weighted by Gasteiger charge is -2.34. The molecular weight excluding hydrogens is 264 g/mol. The van der Waals surface area contributed by atoms with Gasteiger partial charge in [-0.2, -0.15) is 11.8 Å². The van der Waals surface area contributed by atoms with Gasteiger partial charge in [0, 0.05) is 24.1 Å². The number of nitrogens with one attached hydrogen (secondary N) is 1. The van der Waals surface area contributed by atoms with Crippen molar-refractivity contribution in [2.75, 3.05) is 18.1 Å². The van der Waals surface area contributed by atoms with Crippen molar-refractivity contribution in [3.8, 4) is 0 Å². The SMILES string of the molecule is O=C(O)C1CSCCN1C(=O)NC(C1CC1)C1CC1. The minimum absolute atomic E-state index is 0.170. The predicted molar refractivity (Wildman–Crippen MR) is 73.2 cm³/mol. The van der Waals surface area contributed by atoms with E-state index in [0.29, 0.717) is 24.1 Å². The summed E-state index contributed by atoms with van der Waals surface area (Å²) < 4.78 is 0. The largest absolute Gasteiger partial charge is 0.480 e. The molecule has 0 aromatic carbocycles. The van der Waals surface area contributed by atoms with Crippen LogP contribution in [-0.4, -0.2) is 52.1 Å². The number of thioether (sulfide) groups is 1. The molecule has 1 aliphatic heterocycles. The van der Waals surface area contributed by atoms with Gasteiger partial charge in [0.25, 0.3) is 0 Å². The summed E-state index contributed by atoms with van der Waals surface area (Å²) in [5.41, 5.74) is 0. The van der Waals surface area contributed by atoms with Crippen molar-refractivity contribution in [2.45, 2.75) is 37.8 Å². The Kier molecular flexibility index (Phi) is 3.60. The van der Waals surface area contributed by atoms with E-state index < -0.39 is 12.0 Å². The number of carbonyl (C=O) groups excluding carboxylic acids is 1. The highest BCUT2D eigenvalue weighted by atomic mass is 32.2. The van der Waals surface area contributed by atoms with E-state index in [-0.39, 0.29) is 12.1 Å². The van der Waals surface area contributed by atoms with Crippen molar-refractivity contribution in [3.05, 3.63) is 0 Å². The monoisotopic (exact) mass is 284 g/mol. The molecule has 0 aromatic rings. The number of urea groups is 1. The fourth-order valence-corrected chi connectivity index (χ4v) is 3.85. The predicted octanol–water partition coefficient (Wildman–Crippen LogP) is 1.39. The number of hydrogen-bond donors (Lipinski definition) is 2. The van der Waals surface area contributed by atoms with Crippen LogP contribution in [0.25, 0.3) is 0 Å². The summed E-state index contributed by atoms with van der Waals surface area (Å²) in [6, 6.07) is -0.550. The molecular formula is C13H20N2O3S. The molecule has 106 valence electrons. The van der Waals surface area contributed by atoms with Crippen molar-refractivity contribution in [1.82, 2.24) is 10.2 Å². The summed E-state index contributed by atoms with van der Waals surface area (Å²) in [7, 11) is 0. The summed E-state index contributed by atoms with van der Waals surface area (Å²) in [6.07, 6.45) is 4.83. The average Bonchev–Trinajstić information content (AvgIpc) is 3.29. The number of carbonyl (C=O) groups is 2. The van der Waals surface area contributed by atoms with E-state index in [1.54, 1.807) is 11.8 Å². The molecule has 3 aliphatic rings. The second kappa shape index (κ2) is 5.23. The highest BCUT2D eigenvalue weighted by molar-refractivity contribution is 7.99. The maximum Gasteiger partial charge on any atom is 0.327 e. The zero-order chi connectivity index (χ0) is 13.4. The first-order chi connectivity index (χ1) is 9.16. The topological polar surface area (TPSA) is 69.6 Å². The fourth-order valence-electron chi connectivity index (χ4n) is 2.81. The lowest BCUT2D eigenvalue weighted by Crippen LogP contribution is -2.56. The highest BCUT2D eigenvalue weighted by Gasteiger charge is 2.43. The molecule has 1 atom stereocenters. The lowest BCUT2D eigenvalue weighted by molar-refractivity contribution is -0.141. The van der Waals surface area contributed by atoms with E-state index in [4.69, 9.17) is 0 Å². The van der Waals surface area contributed by atoms with Crippen LogP contribution in [0.3, 0.4) is 0 Å². The van der Waals surface area contributed by atoms with Crippen LogP contribution in [0.1, 0.15) is 25.7 Å². The van der Waals surface area contributed by atoms with Gasteiger partial charge in [0.2, 0.25) is 0 Å². The van der Waals surface area contributed by atoms with Crippen molar-refractivity contribution in [1.29, 1.82) is 0 Å². The first kappa shape index (κ1) is 13.1. The summed E-state index contributed by atoms with van der Waals surface area (Å²) in [5.74, 6) is 1.71. The number of carboxylic acids is 1. The van der Waals surface area contributed by atoms with Crippen LogP contribution in [-0.2, 0) is 4.79 Å². The Morgan fingerprint density at radius 3 is 2.37 bits per heavy atom. The Morgan fingerprint density at radius 1 is 1.21 bits per heavy atom. The maximum atomic E-state index is 12.3. The molecule has 2 amide bonds. The van der Waals surface area contributed by atoms with E-state index in [1.165, 1.54) is 30.6 Å². The van der Waals surface area contributed by atoms with Gasteiger partial charge in [-0.15, -0.1) is 0 Å². The molecule has 0 spiro atoms. The van der Waals surface area contributed by atoms with Crippen molar-refractivity contribution >= 4 is 23.8 Å². The number of carboxylic acid groups (broad SMARTS) is 1. The van der Waals surface area contributed by atoms with Gasteiger partial charge in [-0.3, -0.25) is 0 Å². The zero-order valence-electron chi connectivity index (χ0n) is 10.9. The molecule has 5 nitrogen and oxygen atoms in total. The number of amides is 2. The normalized spacial score (nSPS) is 27.4. The maximum absolute atomic E-state index is 12.3. The third kappa shape index (κ3) is 2.99. The number of nitrogens with zero attached hydrogens (tertiary/aromatic N) is 1. The quantitative estimate of drug-likeness (QED) is 0.818. The molecule has 6 heteroatoms. The highest BCUT2D eigenvalue weighted by Crippen LogP contribution is 2.44. The summed E-state index contributed by atoms with van der Waals surface area (Å²) >= 11 is 1.61. The molecule has 0 bridgehead atoms. The van der Waals surface area contributed by atoms with Gasteiger partial charge < -0.3 is 15.3 Å². The van der Waals surface area contributed by atoms with Crippen molar-refractivity contribution in [3.63, 3.8) is 0 Å². The number of rotatable bonds is 4. The van der Waals surface area contributed by atoms with E-state index in [1.807, 2.05) is 0 Å². The first-order valence-corrected chi connectivity index (χ1v) is 8.20. The summed E-state index contributed by atoms with van der Waals surface area (Å²) in [4.78, 5) is 25.1. The Morgan fingerprint density at radius 2 is 1.84 bits per heavy atom. The van der Waals surface area contributed by atoms with Crippen molar-refractivity contribution < 1.29 is 14.7 Å². The minimum Gasteiger partial charge on any atom is -0.480 e. The average molecular weight is 284 g/mol. The van der Waals surface area contributed by atoms with Crippen LogP contribution in [0.5, 0.6) is 0 Å². The number of hydrogen-bond acceptors (Lipinski definition) is 3. The molecule has 2 saturated carbocycles. The molecule has 3 fully saturated rings. The van der Waals surface area contributed by atoms with Crippen LogP contribution in [0, 0.1) is 11.8 Å². The summed E-state index contributed by atoms with van der Waals surface area (Å²) in [6.45, 7) is 0.537. The molecule has 3 rings (SSSR count). The molecule has 0 radical (unpaired) electrons. The molecule has 1 unspecified atom stereocenters. The van der Waals surface area contributed by atoms with Gasteiger partial charge in [0.15, 0.2) is 0 Å². The molecule has 19 heavy (non-hydrogen) atoms. The number of aliphatic carboxylic acids is 1. The van der Waals surface area contributed by atoms with Crippen LogP contribution in [0.2, 0.25) is 0 Å². The van der Waals surface area contributed by atoms with E-state index in [2.05, 4.69) is 5.32 Å². The van der Waals surface area contributed by atoms with Crippen molar-refractivity contribution in [2.24, 2.45) is 11.8 Å². The minimum atomic E-state index is -0.892. The van der Waals surface area contributed by atoms with Gasteiger partial charge in [-0.05, 0) is 37.5 Å². The Balaban J connectivity index is 1.62. The smallest absolute Gasteiger partial charge is 0.327 e. The molecule has 1 saturated heterocycles. The van der Waals surface area contributed by atoms with Crippen LogP contribution in [0.4, 0.5) is 4.79 Å². The molecule has 1 heterocycles. The van der Waals surface area contributed by atoms with Crippen LogP contribution < -0.4 is 5.32 Å².